The van der Waals surface area contributed by atoms with Crippen LogP contribution in [0, 0.1) is 0 Å². The number of rotatable bonds is 2. The third-order valence-corrected chi connectivity index (χ3v) is 3.03. The van der Waals surface area contributed by atoms with Crippen molar-refractivity contribution in [2.24, 2.45) is 0 Å². The number of allylic oxidation sites excluding steroid dienone is 3. The molecule has 0 atom stereocenters. The molecule has 1 heterocycles. The maximum absolute atomic E-state index is 10.2. The molecule has 1 aliphatic heterocycles. The zero-order valence-electron chi connectivity index (χ0n) is 10.3. The number of hydrogen-bond donors (Lipinski definition) is 1. The van der Waals surface area contributed by atoms with Gasteiger partial charge >= 0.3 is 0 Å². The monoisotopic (exact) mass is 227 g/mol. The predicted molar refractivity (Wildman–Crippen MR) is 70.2 cm³/mol. The minimum absolute atomic E-state index is 0.664. The van der Waals surface area contributed by atoms with Gasteiger partial charge in [-0.25, -0.2) is 5.06 Å². The number of nitrogens with zero attached hydrogens (tertiary/aromatic N) is 1. The second kappa shape index (κ2) is 4.60. The summed E-state index contributed by atoms with van der Waals surface area (Å²) in [7, 11) is 0. The third-order valence-electron chi connectivity index (χ3n) is 3.03. The normalized spacial score (nSPS) is 16.3. The zero-order valence-corrected chi connectivity index (χ0v) is 10.3. The van der Waals surface area contributed by atoms with Gasteiger partial charge in [0, 0.05) is 5.56 Å². The third kappa shape index (κ3) is 2.04. The largest absolute Gasteiger partial charge is 0.283 e. The highest BCUT2D eigenvalue weighted by Crippen LogP contribution is 2.33. The summed E-state index contributed by atoms with van der Waals surface area (Å²) in [5, 5.41) is 11.4. The Morgan fingerprint density at radius 1 is 1.24 bits per heavy atom. The van der Waals surface area contributed by atoms with E-state index in [-0.39, 0.29) is 0 Å². The summed E-state index contributed by atoms with van der Waals surface area (Å²) in [5.41, 5.74) is 4.61. The molecule has 0 spiro atoms. The lowest BCUT2D eigenvalue weighted by Gasteiger charge is -2.29. The Kier molecular flexibility index (Phi) is 3.16. The van der Waals surface area contributed by atoms with Crippen molar-refractivity contribution < 1.29 is 5.21 Å². The van der Waals surface area contributed by atoms with E-state index < -0.39 is 0 Å². The fourth-order valence-corrected chi connectivity index (χ4v) is 2.10. The van der Waals surface area contributed by atoms with E-state index in [0.717, 1.165) is 28.8 Å². The molecular weight excluding hydrogens is 210 g/mol. The molecule has 2 rings (SSSR count). The second-order valence-corrected chi connectivity index (χ2v) is 4.18. The van der Waals surface area contributed by atoms with Crippen molar-refractivity contribution in [3.05, 3.63) is 65.4 Å². The van der Waals surface area contributed by atoms with Crippen molar-refractivity contribution in [2.45, 2.75) is 20.3 Å². The fraction of sp³-hybridized carbons (Fsp3) is 0.200. The van der Waals surface area contributed by atoms with Gasteiger partial charge in [0.15, 0.2) is 0 Å². The van der Waals surface area contributed by atoms with E-state index >= 15 is 0 Å². The highest BCUT2D eigenvalue weighted by atomic mass is 16.5. The van der Waals surface area contributed by atoms with E-state index in [1.54, 1.807) is 0 Å². The summed E-state index contributed by atoms with van der Waals surface area (Å²) in [6.07, 6.45) is 2.96. The Bertz CT molecular complexity index is 497. The molecule has 1 aromatic carbocycles. The van der Waals surface area contributed by atoms with Crippen LogP contribution in [0.4, 0.5) is 0 Å². The summed E-state index contributed by atoms with van der Waals surface area (Å²) in [6, 6.07) is 9.86. The molecule has 0 aliphatic carbocycles. The number of benzene rings is 1. The first-order chi connectivity index (χ1) is 8.15. The highest BCUT2D eigenvalue weighted by molar-refractivity contribution is 5.73. The van der Waals surface area contributed by atoms with E-state index in [0.29, 0.717) is 5.70 Å². The maximum Gasteiger partial charge on any atom is 0.0794 e. The summed E-state index contributed by atoms with van der Waals surface area (Å²) < 4.78 is 0. The molecule has 0 saturated carbocycles. The lowest BCUT2D eigenvalue weighted by atomic mass is 9.97. The van der Waals surface area contributed by atoms with E-state index in [9.17, 15) is 5.21 Å². The molecule has 1 aromatic rings. The molecule has 1 N–H and O–H groups in total. The smallest absolute Gasteiger partial charge is 0.0794 e. The molecule has 0 saturated heterocycles. The van der Waals surface area contributed by atoms with Crippen LogP contribution in [0.3, 0.4) is 0 Å². The standard InChI is InChI=1S/C15H17NO/c1-4-13-10-11(2)15(16(17)12(13)3)14-8-6-5-7-9-14/h5-10,17H,3-4H2,1-2H3. The average Bonchev–Trinajstić information content (AvgIpc) is 2.35. The first kappa shape index (κ1) is 11.7. The molecule has 1 aliphatic rings. The van der Waals surface area contributed by atoms with Crippen LogP contribution in [-0.4, -0.2) is 10.3 Å². The van der Waals surface area contributed by atoms with Crippen molar-refractivity contribution in [3.63, 3.8) is 0 Å². The van der Waals surface area contributed by atoms with Gasteiger partial charge in [0.25, 0.3) is 0 Å². The summed E-state index contributed by atoms with van der Waals surface area (Å²) in [5.74, 6) is 0. The minimum atomic E-state index is 0.664. The van der Waals surface area contributed by atoms with Crippen LogP contribution < -0.4 is 0 Å². The predicted octanol–water partition coefficient (Wildman–Crippen LogP) is 3.97. The van der Waals surface area contributed by atoms with Crippen molar-refractivity contribution >= 4 is 5.70 Å². The zero-order chi connectivity index (χ0) is 12.4. The number of hydroxylamine groups is 2. The first-order valence-electron chi connectivity index (χ1n) is 5.80. The molecule has 17 heavy (non-hydrogen) atoms. The van der Waals surface area contributed by atoms with Crippen LogP contribution in [0.15, 0.2) is 59.8 Å². The Morgan fingerprint density at radius 3 is 2.47 bits per heavy atom. The lowest BCUT2D eigenvalue weighted by molar-refractivity contribution is 0.0110. The van der Waals surface area contributed by atoms with Crippen LogP contribution in [0.2, 0.25) is 0 Å². The maximum atomic E-state index is 10.2. The second-order valence-electron chi connectivity index (χ2n) is 4.18. The van der Waals surface area contributed by atoms with Gasteiger partial charge in [0.2, 0.25) is 0 Å². The Morgan fingerprint density at radius 2 is 1.88 bits per heavy atom. The van der Waals surface area contributed by atoms with Crippen molar-refractivity contribution in [1.29, 1.82) is 0 Å². The molecule has 0 fully saturated rings. The van der Waals surface area contributed by atoms with Crippen LogP contribution in [0.1, 0.15) is 25.8 Å². The van der Waals surface area contributed by atoms with Gasteiger partial charge in [0.1, 0.15) is 0 Å². The Hall–Kier alpha value is -1.80. The minimum Gasteiger partial charge on any atom is -0.283 e. The van der Waals surface area contributed by atoms with Crippen molar-refractivity contribution in [1.82, 2.24) is 5.06 Å². The average molecular weight is 227 g/mol. The van der Waals surface area contributed by atoms with Gasteiger partial charge in [-0.15, -0.1) is 0 Å². The van der Waals surface area contributed by atoms with Gasteiger partial charge in [0.05, 0.1) is 11.4 Å². The molecule has 0 aromatic heterocycles. The Labute approximate surface area is 102 Å². The molecule has 0 radical (unpaired) electrons. The van der Waals surface area contributed by atoms with Crippen molar-refractivity contribution in [3.8, 4) is 0 Å². The van der Waals surface area contributed by atoms with Crippen LogP contribution in [0.25, 0.3) is 5.70 Å². The topological polar surface area (TPSA) is 23.5 Å². The van der Waals surface area contributed by atoms with Gasteiger partial charge in [-0.1, -0.05) is 49.9 Å². The quantitative estimate of drug-likeness (QED) is 0.826. The summed E-state index contributed by atoms with van der Waals surface area (Å²) >= 11 is 0. The highest BCUT2D eigenvalue weighted by Gasteiger charge is 2.21. The summed E-state index contributed by atoms with van der Waals surface area (Å²) in [4.78, 5) is 0. The van der Waals surface area contributed by atoms with Crippen molar-refractivity contribution in [2.75, 3.05) is 0 Å². The molecule has 0 bridgehead atoms. The van der Waals surface area contributed by atoms with E-state index in [1.165, 1.54) is 5.06 Å². The van der Waals surface area contributed by atoms with E-state index in [4.69, 9.17) is 0 Å². The van der Waals surface area contributed by atoms with E-state index in [1.807, 2.05) is 37.3 Å². The first-order valence-corrected chi connectivity index (χ1v) is 5.80. The molecule has 0 unspecified atom stereocenters. The molecule has 88 valence electrons. The summed E-state index contributed by atoms with van der Waals surface area (Å²) in [6.45, 7) is 8.00. The molecular formula is C15H17NO. The number of hydrogen-bond acceptors (Lipinski definition) is 2. The fourth-order valence-electron chi connectivity index (χ4n) is 2.10. The molecule has 2 heteroatoms. The van der Waals surface area contributed by atoms with Gasteiger partial charge in [-0.05, 0) is 24.5 Å². The molecule has 2 nitrogen and oxygen atoms in total. The van der Waals surface area contributed by atoms with Gasteiger partial charge < -0.3 is 0 Å². The van der Waals surface area contributed by atoms with Crippen LogP contribution >= 0.6 is 0 Å². The van der Waals surface area contributed by atoms with E-state index in [2.05, 4.69) is 19.6 Å². The van der Waals surface area contributed by atoms with Crippen LogP contribution in [0.5, 0.6) is 0 Å². The van der Waals surface area contributed by atoms with Gasteiger partial charge in [-0.2, -0.15) is 0 Å². The van der Waals surface area contributed by atoms with Crippen LogP contribution in [-0.2, 0) is 0 Å². The lowest BCUT2D eigenvalue weighted by Crippen LogP contribution is -2.21. The van der Waals surface area contributed by atoms with Gasteiger partial charge in [-0.3, -0.25) is 5.21 Å². The SMILES string of the molecule is C=C1C(CC)=CC(C)=C(c2ccccc2)N1O. The molecule has 0 amide bonds. The Balaban J connectivity index is 2.53.